The van der Waals surface area contributed by atoms with Crippen molar-refractivity contribution in [1.82, 2.24) is 0 Å². The van der Waals surface area contributed by atoms with Crippen LogP contribution < -0.4 is 0 Å². The van der Waals surface area contributed by atoms with Crippen molar-refractivity contribution in [2.75, 3.05) is 0 Å². The van der Waals surface area contributed by atoms with Crippen LogP contribution in [0.5, 0.6) is 5.75 Å². The molecule has 1 aromatic carbocycles. The molecule has 0 heterocycles. The Kier molecular flexibility index (Phi) is 2.27. The lowest BCUT2D eigenvalue weighted by atomic mass is 10.3. The molecule has 0 aliphatic heterocycles. The molecule has 4 nitrogen and oxygen atoms in total. The van der Waals surface area contributed by atoms with Gasteiger partial charge in [-0.2, -0.15) is 4.39 Å². The summed E-state index contributed by atoms with van der Waals surface area (Å²) < 4.78 is 12.8. The van der Waals surface area contributed by atoms with Crippen molar-refractivity contribution in [3.8, 4) is 5.75 Å². The zero-order valence-electron chi connectivity index (χ0n) is 5.62. The summed E-state index contributed by atoms with van der Waals surface area (Å²) in [7, 11) is 0. The van der Waals surface area contributed by atoms with Gasteiger partial charge in [0.05, 0.1) is 15.5 Å². The highest BCUT2D eigenvalue weighted by atomic mass is 79.9. The number of nitro benzene ring substituents is 1. The molecule has 64 valence electrons. The molecular formula is C6H3BrFNO3. The van der Waals surface area contributed by atoms with Crippen molar-refractivity contribution in [3.63, 3.8) is 0 Å². The number of nitrogens with zero attached hydrogens (tertiary/aromatic N) is 1. The molecule has 1 N–H and O–H groups in total. The highest BCUT2D eigenvalue weighted by molar-refractivity contribution is 9.10. The van der Waals surface area contributed by atoms with Crippen LogP contribution in [0.4, 0.5) is 10.1 Å². The third kappa shape index (κ3) is 1.53. The molecule has 12 heavy (non-hydrogen) atoms. The molecule has 0 saturated heterocycles. The average molecular weight is 236 g/mol. The number of phenols is 1. The van der Waals surface area contributed by atoms with E-state index in [9.17, 15) is 14.5 Å². The Bertz CT molecular complexity index is 342. The molecule has 0 radical (unpaired) electrons. The third-order valence-corrected chi connectivity index (χ3v) is 1.85. The molecule has 0 atom stereocenters. The molecule has 0 unspecified atom stereocenters. The van der Waals surface area contributed by atoms with Gasteiger partial charge in [-0.05, 0) is 22.0 Å². The van der Waals surface area contributed by atoms with Gasteiger partial charge < -0.3 is 5.11 Å². The second kappa shape index (κ2) is 3.06. The fourth-order valence-electron chi connectivity index (χ4n) is 0.666. The van der Waals surface area contributed by atoms with E-state index < -0.39 is 16.4 Å². The molecule has 1 aromatic rings. The van der Waals surface area contributed by atoms with E-state index in [4.69, 9.17) is 5.11 Å². The lowest BCUT2D eigenvalue weighted by Crippen LogP contribution is -1.91. The highest BCUT2D eigenvalue weighted by Gasteiger charge is 2.16. The molecule has 0 amide bonds. The SMILES string of the molecule is O=[N+]([O-])c1cc(O)c(Br)cc1F. The zero-order chi connectivity index (χ0) is 9.30. The van der Waals surface area contributed by atoms with Crippen LogP contribution in [-0.2, 0) is 0 Å². The Morgan fingerprint density at radius 3 is 2.67 bits per heavy atom. The molecule has 1 rings (SSSR count). The van der Waals surface area contributed by atoms with Crippen molar-refractivity contribution in [2.24, 2.45) is 0 Å². The van der Waals surface area contributed by atoms with E-state index >= 15 is 0 Å². The number of nitro groups is 1. The number of rotatable bonds is 1. The molecule has 6 heteroatoms. The second-order valence-electron chi connectivity index (χ2n) is 2.01. The molecule has 0 bridgehead atoms. The number of phenolic OH excluding ortho intramolecular Hbond substituents is 1. The Balaban J connectivity index is 3.33. The second-order valence-corrected chi connectivity index (χ2v) is 2.87. The molecular weight excluding hydrogens is 233 g/mol. The van der Waals surface area contributed by atoms with Crippen LogP contribution in [0.15, 0.2) is 16.6 Å². The van der Waals surface area contributed by atoms with Crippen LogP contribution in [0.1, 0.15) is 0 Å². The summed E-state index contributed by atoms with van der Waals surface area (Å²) in [5.74, 6) is -1.34. The lowest BCUT2D eigenvalue weighted by Gasteiger charge is -1.97. The lowest BCUT2D eigenvalue weighted by molar-refractivity contribution is -0.387. The van der Waals surface area contributed by atoms with Crippen molar-refractivity contribution >= 4 is 21.6 Å². The van der Waals surface area contributed by atoms with Crippen LogP contribution in [0.2, 0.25) is 0 Å². The normalized spacial score (nSPS) is 9.83. The molecule has 0 aromatic heterocycles. The van der Waals surface area contributed by atoms with Crippen molar-refractivity contribution in [3.05, 3.63) is 32.5 Å². The quantitative estimate of drug-likeness (QED) is 0.600. The van der Waals surface area contributed by atoms with Gasteiger partial charge in [0.15, 0.2) is 0 Å². The summed E-state index contributed by atoms with van der Waals surface area (Å²) in [6.07, 6.45) is 0. The van der Waals surface area contributed by atoms with E-state index in [2.05, 4.69) is 15.9 Å². The maximum atomic E-state index is 12.7. The van der Waals surface area contributed by atoms with Gasteiger partial charge in [0.1, 0.15) is 5.75 Å². The number of hydrogen-bond donors (Lipinski definition) is 1. The van der Waals surface area contributed by atoms with Crippen LogP contribution >= 0.6 is 15.9 Å². The Morgan fingerprint density at radius 1 is 1.58 bits per heavy atom. The third-order valence-electron chi connectivity index (χ3n) is 1.21. The number of benzene rings is 1. The van der Waals surface area contributed by atoms with Gasteiger partial charge in [-0.1, -0.05) is 0 Å². The van der Waals surface area contributed by atoms with Crippen LogP contribution in [0, 0.1) is 15.9 Å². The van der Waals surface area contributed by atoms with E-state index in [1.165, 1.54) is 0 Å². The molecule has 0 spiro atoms. The highest BCUT2D eigenvalue weighted by Crippen LogP contribution is 2.30. The van der Waals surface area contributed by atoms with Crippen LogP contribution in [0.25, 0.3) is 0 Å². The van der Waals surface area contributed by atoms with Gasteiger partial charge in [0, 0.05) is 0 Å². The van der Waals surface area contributed by atoms with Crippen molar-refractivity contribution < 1.29 is 14.4 Å². The predicted molar refractivity (Wildman–Crippen MR) is 42.4 cm³/mol. The smallest absolute Gasteiger partial charge is 0.308 e. The summed E-state index contributed by atoms with van der Waals surface area (Å²) in [5.41, 5.74) is -0.740. The maximum Gasteiger partial charge on any atom is 0.308 e. The largest absolute Gasteiger partial charge is 0.507 e. The number of hydrogen-bond acceptors (Lipinski definition) is 3. The zero-order valence-corrected chi connectivity index (χ0v) is 7.21. The monoisotopic (exact) mass is 235 g/mol. The minimum absolute atomic E-state index is 0.0885. The van der Waals surface area contributed by atoms with E-state index in [0.29, 0.717) is 0 Å². The summed E-state index contributed by atoms with van der Waals surface area (Å²) in [6.45, 7) is 0. The van der Waals surface area contributed by atoms with Gasteiger partial charge >= 0.3 is 5.69 Å². The molecule has 0 aliphatic rings. The topological polar surface area (TPSA) is 63.4 Å². The van der Waals surface area contributed by atoms with E-state index in [1.54, 1.807) is 0 Å². The first-order valence-corrected chi connectivity index (χ1v) is 3.64. The van der Waals surface area contributed by atoms with Gasteiger partial charge in [-0.3, -0.25) is 10.1 Å². The van der Waals surface area contributed by atoms with Gasteiger partial charge in [0.25, 0.3) is 0 Å². The van der Waals surface area contributed by atoms with E-state index in [-0.39, 0.29) is 10.2 Å². The standard InChI is InChI=1S/C6H3BrFNO3/c7-3-1-4(8)5(9(11)12)2-6(3)10/h1-2,10H. The van der Waals surface area contributed by atoms with Crippen LogP contribution in [0.3, 0.4) is 0 Å². The fourth-order valence-corrected chi connectivity index (χ4v) is 0.982. The van der Waals surface area contributed by atoms with Gasteiger partial charge in [0.2, 0.25) is 5.82 Å². The number of aromatic hydroxyl groups is 1. The Hall–Kier alpha value is -1.17. The summed E-state index contributed by atoms with van der Waals surface area (Å²) in [6, 6.07) is 1.59. The molecule has 0 saturated carbocycles. The van der Waals surface area contributed by atoms with Crippen molar-refractivity contribution in [2.45, 2.75) is 0 Å². The summed E-state index contributed by atoms with van der Waals surface area (Å²) in [5, 5.41) is 19.1. The average Bonchev–Trinajstić information content (AvgIpc) is 1.96. The molecule has 0 aliphatic carbocycles. The van der Waals surface area contributed by atoms with Gasteiger partial charge in [-0.25, -0.2) is 0 Å². The minimum Gasteiger partial charge on any atom is -0.507 e. The van der Waals surface area contributed by atoms with Crippen molar-refractivity contribution in [1.29, 1.82) is 0 Å². The van der Waals surface area contributed by atoms with E-state index in [1.807, 2.05) is 0 Å². The summed E-state index contributed by atoms with van der Waals surface area (Å²) >= 11 is 2.82. The minimum atomic E-state index is -0.982. The first kappa shape index (κ1) is 8.92. The number of halogens is 2. The Morgan fingerprint density at radius 2 is 2.17 bits per heavy atom. The first-order valence-electron chi connectivity index (χ1n) is 2.85. The maximum absolute atomic E-state index is 12.7. The van der Waals surface area contributed by atoms with Gasteiger partial charge in [-0.15, -0.1) is 0 Å². The van der Waals surface area contributed by atoms with Crippen LogP contribution in [-0.4, -0.2) is 10.0 Å². The van der Waals surface area contributed by atoms with E-state index in [0.717, 1.165) is 12.1 Å². The Labute approximate surface area is 74.9 Å². The summed E-state index contributed by atoms with van der Waals surface area (Å²) in [4.78, 5) is 9.22. The molecule has 0 fully saturated rings. The fraction of sp³-hybridized carbons (Fsp3) is 0. The predicted octanol–water partition coefficient (Wildman–Crippen LogP) is 2.20. The first-order chi connectivity index (χ1) is 5.52.